The zero-order valence-electron chi connectivity index (χ0n) is 10.3. The summed E-state index contributed by atoms with van der Waals surface area (Å²) >= 11 is 3.56. The Bertz CT molecular complexity index is 567. The van der Waals surface area contributed by atoms with Gasteiger partial charge in [0.2, 0.25) is 5.82 Å². The molecule has 0 amide bonds. The van der Waals surface area contributed by atoms with Gasteiger partial charge in [0.25, 0.3) is 0 Å². The van der Waals surface area contributed by atoms with Gasteiger partial charge < -0.3 is 9.84 Å². The Labute approximate surface area is 114 Å². The lowest BCUT2D eigenvalue weighted by Gasteiger charge is -2.04. The number of nitrogens with one attached hydrogen (secondary N) is 1. The van der Waals surface area contributed by atoms with E-state index in [2.05, 4.69) is 57.4 Å². The Balaban J connectivity index is 1.91. The second-order valence-corrected chi connectivity index (χ2v) is 5.56. The molecule has 1 aliphatic carbocycles. The average molecular weight is 308 g/mol. The fraction of sp³-hybridized carbons (Fsp3) is 0.385. The van der Waals surface area contributed by atoms with E-state index in [9.17, 15) is 0 Å². The van der Waals surface area contributed by atoms with Crippen LogP contribution in [0.25, 0.3) is 11.4 Å². The topological polar surface area (TPSA) is 51.0 Å². The Morgan fingerprint density at radius 2 is 1.94 bits per heavy atom. The second-order valence-electron chi connectivity index (χ2n) is 4.77. The number of anilines is 1. The predicted octanol–water partition coefficient (Wildman–Crippen LogP) is 3.69. The molecule has 0 atom stereocenters. The molecule has 18 heavy (non-hydrogen) atoms. The SMILES string of the molecule is Cc1cc(-c2noc(NC3CC3)n2)cc(C)c1Br. The lowest BCUT2D eigenvalue weighted by atomic mass is 10.1. The largest absolute Gasteiger partial charge is 0.335 e. The van der Waals surface area contributed by atoms with Crippen LogP contribution in [0.4, 0.5) is 6.01 Å². The van der Waals surface area contributed by atoms with Crippen LogP contribution in [0, 0.1) is 13.8 Å². The average Bonchev–Trinajstić information content (AvgIpc) is 3.01. The number of rotatable bonds is 3. The van der Waals surface area contributed by atoms with E-state index in [-0.39, 0.29) is 0 Å². The molecule has 0 aliphatic heterocycles. The first-order valence-corrected chi connectivity index (χ1v) is 6.80. The summed E-state index contributed by atoms with van der Waals surface area (Å²) in [6, 6.07) is 5.16. The van der Waals surface area contributed by atoms with Crippen molar-refractivity contribution >= 4 is 21.9 Å². The number of hydrogen-bond acceptors (Lipinski definition) is 4. The molecule has 0 saturated heterocycles. The first kappa shape index (κ1) is 11.7. The highest BCUT2D eigenvalue weighted by atomic mass is 79.9. The number of aryl methyl sites for hydroxylation is 2. The van der Waals surface area contributed by atoms with Gasteiger partial charge >= 0.3 is 6.01 Å². The number of halogens is 1. The summed E-state index contributed by atoms with van der Waals surface area (Å²) in [6.45, 7) is 4.12. The Hall–Kier alpha value is -1.36. The maximum absolute atomic E-state index is 5.20. The molecule has 1 saturated carbocycles. The van der Waals surface area contributed by atoms with Gasteiger partial charge in [-0.15, -0.1) is 0 Å². The molecule has 0 radical (unpaired) electrons. The second kappa shape index (κ2) is 4.39. The molecule has 0 unspecified atom stereocenters. The van der Waals surface area contributed by atoms with Crippen molar-refractivity contribution in [3.8, 4) is 11.4 Å². The van der Waals surface area contributed by atoms with Crippen LogP contribution in [-0.2, 0) is 0 Å². The van der Waals surface area contributed by atoms with E-state index in [1.54, 1.807) is 0 Å². The summed E-state index contributed by atoms with van der Waals surface area (Å²) in [7, 11) is 0. The molecular weight excluding hydrogens is 294 g/mol. The third-order valence-electron chi connectivity index (χ3n) is 3.03. The van der Waals surface area contributed by atoms with Crippen LogP contribution in [0.1, 0.15) is 24.0 Å². The first-order valence-electron chi connectivity index (χ1n) is 6.01. The fourth-order valence-corrected chi connectivity index (χ4v) is 2.11. The maximum Gasteiger partial charge on any atom is 0.322 e. The summed E-state index contributed by atoms with van der Waals surface area (Å²) in [5.41, 5.74) is 3.33. The third kappa shape index (κ3) is 2.27. The van der Waals surface area contributed by atoms with Gasteiger partial charge in [-0.1, -0.05) is 21.1 Å². The van der Waals surface area contributed by atoms with Gasteiger partial charge in [0, 0.05) is 16.1 Å². The minimum Gasteiger partial charge on any atom is -0.335 e. The summed E-state index contributed by atoms with van der Waals surface area (Å²) in [6.07, 6.45) is 2.38. The third-order valence-corrected chi connectivity index (χ3v) is 4.28. The molecule has 1 aromatic carbocycles. The molecular formula is C13H14BrN3O. The lowest BCUT2D eigenvalue weighted by molar-refractivity contribution is 0.432. The van der Waals surface area contributed by atoms with E-state index in [0.29, 0.717) is 17.9 Å². The van der Waals surface area contributed by atoms with Crippen LogP contribution < -0.4 is 5.32 Å². The van der Waals surface area contributed by atoms with E-state index in [4.69, 9.17) is 4.52 Å². The van der Waals surface area contributed by atoms with Gasteiger partial charge in [-0.05, 0) is 49.9 Å². The van der Waals surface area contributed by atoms with Crippen molar-refractivity contribution in [2.45, 2.75) is 32.7 Å². The summed E-state index contributed by atoms with van der Waals surface area (Å²) in [5, 5.41) is 7.21. The smallest absolute Gasteiger partial charge is 0.322 e. The van der Waals surface area contributed by atoms with E-state index >= 15 is 0 Å². The Kier molecular flexibility index (Phi) is 2.86. The van der Waals surface area contributed by atoms with Gasteiger partial charge in [-0.25, -0.2) is 0 Å². The van der Waals surface area contributed by atoms with Crippen molar-refractivity contribution in [1.82, 2.24) is 10.1 Å². The fourth-order valence-electron chi connectivity index (χ4n) is 1.88. The summed E-state index contributed by atoms with van der Waals surface area (Å²) in [4.78, 5) is 4.37. The molecule has 0 bridgehead atoms. The highest BCUT2D eigenvalue weighted by Crippen LogP contribution is 2.29. The standard InChI is InChI=1S/C13H14BrN3O/c1-7-5-9(6-8(2)11(7)14)12-16-13(18-17-12)15-10-3-4-10/h5-6,10H,3-4H2,1-2H3,(H,15,16,17). The van der Waals surface area contributed by atoms with Crippen LogP contribution in [-0.4, -0.2) is 16.2 Å². The van der Waals surface area contributed by atoms with Crippen LogP contribution in [0.5, 0.6) is 0 Å². The zero-order valence-corrected chi connectivity index (χ0v) is 11.9. The van der Waals surface area contributed by atoms with Crippen LogP contribution >= 0.6 is 15.9 Å². The van der Waals surface area contributed by atoms with Gasteiger partial charge in [-0.3, -0.25) is 0 Å². The Morgan fingerprint density at radius 3 is 2.56 bits per heavy atom. The molecule has 1 fully saturated rings. The van der Waals surface area contributed by atoms with Gasteiger partial charge in [0.15, 0.2) is 0 Å². The highest BCUT2D eigenvalue weighted by molar-refractivity contribution is 9.10. The van der Waals surface area contributed by atoms with E-state index in [0.717, 1.165) is 10.0 Å². The number of benzene rings is 1. The molecule has 1 heterocycles. The van der Waals surface area contributed by atoms with Crippen molar-refractivity contribution < 1.29 is 4.52 Å². The first-order chi connectivity index (χ1) is 8.63. The van der Waals surface area contributed by atoms with Crippen LogP contribution in [0.15, 0.2) is 21.1 Å². The summed E-state index contributed by atoms with van der Waals surface area (Å²) < 4.78 is 6.33. The minimum absolute atomic E-state index is 0.519. The molecule has 4 nitrogen and oxygen atoms in total. The highest BCUT2D eigenvalue weighted by Gasteiger charge is 2.23. The van der Waals surface area contributed by atoms with E-state index in [1.807, 2.05) is 0 Å². The maximum atomic E-state index is 5.20. The van der Waals surface area contributed by atoms with E-state index in [1.165, 1.54) is 24.0 Å². The van der Waals surface area contributed by atoms with E-state index < -0.39 is 0 Å². The molecule has 94 valence electrons. The number of nitrogens with zero attached hydrogens (tertiary/aromatic N) is 2. The summed E-state index contributed by atoms with van der Waals surface area (Å²) in [5.74, 6) is 0.636. The van der Waals surface area contributed by atoms with Crippen molar-refractivity contribution in [2.24, 2.45) is 0 Å². The van der Waals surface area contributed by atoms with Crippen molar-refractivity contribution in [3.63, 3.8) is 0 Å². The molecule has 0 spiro atoms. The van der Waals surface area contributed by atoms with Crippen LogP contribution in [0.3, 0.4) is 0 Å². The quantitative estimate of drug-likeness (QED) is 0.939. The molecule has 1 aromatic heterocycles. The molecule has 2 aromatic rings. The van der Waals surface area contributed by atoms with Gasteiger partial charge in [0.05, 0.1) is 0 Å². The van der Waals surface area contributed by atoms with Crippen molar-refractivity contribution in [2.75, 3.05) is 5.32 Å². The number of aromatic nitrogens is 2. The predicted molar refractivity (Wildman–Crippen MR) is 73.6 cm³/mol. The molecule has 5 heteroatoms. The molecule has 1 N–H and O–H groups in total. The van der Waals surface area contributed by atoms with Crippen LogP contribution in [0.2, 0.25) is 0 Å². The molecule has 3 rings (SSSR count). The lowest BCUT2D eigenvalue weighted by Crippen LogP contribution is -2.00. The Morgan fingerprint density at radius 1 is 1.28 bits per heavy atom. The van der Waals surface area contributed by atoms with Crippen molar-refractivity contribution in [1.29, 1.82) is 0 Å². The number of hydrogen-bond donors (Lipinski definition) is 1. The van der Waals surface area contributed by atoms with Gasteiger partial charge in [-0.2, -0.15) is 4.98 Å². The van der Waals surface area contributed by atoms with Crippen molar-refractivity contribution in [3.05, 3.63) is 27.7 Å². The normalized spacial score (nSPS) is 14.8. The zero-order chi connectivity index (χ0) is 12.7. The monoisotopic (exact) mass is 307 g/mol. The minimum atomic E-state index is 0.519. The molecule has 1 aliphatic rings. The van der Waals surface area contributed by atoms with Gasteiger partial charge in [0.1, 0.15) is 0 Å².